The topological polar surface area (TPSA) is 193 Å². The lowest BCUT2D eigenvalue weighted by Crippen LogP contribution is -2.60. The first-order chi connectivity index (χ1) is 32.7. The van der Waals surface area contributed by atoms with Crippen molar-refractivity contribution in [3.8, 4) is 11.5 Å². The minimum Gasteiger partial charge on any atom is -0.508 e. The van der Waals surface area contributed by atoms with E-state index in [0.717, 1.165) is 41.3 Å². The molecule has 69 heavy (non-hydrogen) atoms. The molecule has 1 aromatic heterocycles. The summed E-state index contributed by atoms with van der Waals surface area (Å²) in [5, 5.41) is 39.2. The lowest BCUT2D eigenvalue weighted by molar-refractivity contribution is -0.132. The van der Waals surface area contributed by atoms with Crippen molar-refractivity contribution in [3.63, 3.8) is 0 Å². The van der Waals surface area contributed by atoms with E-state index < -0.39 is 28.1 Å². The van der Waals surface area contributed by atoms with Crippen LogP contribution in [0.3, 0.4) is 0 Å². The van der Waals surface area contributed by atoms with E-state index in [4.69, 9.17) is 0 Å². The number of phenolic OH excluding ortho intramolecular Hbond substituents is 2. The highest BCUT2D eigenvalue weighted by Crippen LogP contribution is 2.45. The van der Waals surface area contributed by atoms with E-state index >= 15 is 0 Å². The van der Waals surface area contributed by atoms with Gasteiger partial charge in [-0.05, 0) is 106 Å². The number of pyridine rings is 1. The first-order valence-electron chi connectivity index (χ1n) is 23.3. The van der Waals surface area contributed by atoms with E-state index in [1.807, 2.05) is 51.1 Å². The zero-order valence-corrected chi connectivity index (χ0v) is 41.6. The number of likely N-dealkylation sites (tertiary alicyclic amines) is 1. The maximum Gasteiger partial charge on any atom is 0.258 e. The molecule has 5 N–H and O–H groups in total. The molecule has 4 aromatic carbocycles. The lowest BCUT2D eigenvalue weighted by atomic mass is 9.72. The summed E-state index contributed by atoms with van der Waals surface area (Å²) in [5.41, 5.74) is 2.20. The molecule has 5 atom stereocenters. The summed E-state index contributed by atoms with van der Waals surface area (Å²) in [6.07, 6.45) is 7.21. The van der Waals surface area contributed by atoms with Gasteiger partial charge in [-0.25, -0.2) is 12.8 Å². The van der Waals surface area contributed by atoms with E-state index in [0.29, 0.717) is 57.5 Å². The number of benzene rings is 4. The van der Waals surface area contributed by atoms with E-state index in [9.17, 15) is 42.5 Å². The van der Waals surface area contributed by atoms with Crippen molar-refractivity contribution in [1.29, 1.82) is 0 Å². The van der Waals surface area contributed by atoms with Gasteiger partial charge in [-0.1, -0.05) is 55.7 Å². The Morgan fingerprint density at radius 3 is 2.35 bits per heavy atom. The van der Waals surface area contributed by atoms with Crippen LogP contribution in [0.15, 0.2) is 96.0 Å². The second-order valence-corrected chi connectivity index (χ2v) is 22.5. The fourth-order valence-corrected chi connectivity index (χ4v) is 11.2. The summed E-state index contributed by atoms with van der Waals surface area (Å²) in [7, 11) is -2.22. The number of halogens is 1. The molecule has 8 rings (SSSR count). The molecule has 0 unspecified atom stereocenters. The van der Waals surface area contributed by atoms with Crippen molar-refractivity contribution in [2.24, 2.45) is 11.8 Å². The number of nitrogens with one attached hydrogen (secondary N) is 2. The number of anilines is 1. The molecule has 368 valence electrons. The first-order valence-corrected chi connectivity index (χ1v) is 26.1. The highest BCUT2D eigenvalue weighted by molar-refractivity contribution is 7.99. The molecule has 0 bridgehead atoms. The molecule has 3 aliphatic rings. The molecule has 2 fully saturated rings. The Labute approximate surface area is 408 Å². The molecule has 5 aromatic rings. The number of hydrogen-bond donors (Lipinski definition) is 5. The summed E-state index contributed by atoms with van der Waals surface area (Å²) in [6.45, 7) is 9.07. The minimum atomic E-state index is -3.63. The number of carbonyl (C=O) groups is 3. The second kappa shape index (κ2) is 21.5. The summed E-state index contributed by atoms with van der Waals surface area (Å²) in [5.74, 6) is 0.191. The van der Waals surface area contributed by atoms with Crippen LogP contribution in [0.2, 0.25) is 0 Å². The third-order valence-electron chi connectivity index (χ3n) is 13.3. The quantitative estimate of drug-likeness (QED) is 0.0740. The molecule has 3 heterocycles. The molecule has 3 amide bonds. The number of aliphatic hydroxyl groups is 1. The number of fused-ring (bicyclic) bond motifs is 3. The molecular weight excluding hydrogens is 920 g/mol. The third-order valence-corrected chi connectivity index (χ3v) is 15.6. The zero-order valence-electron chi connectivity index (χ0n) is 40.0. The lowest BCUT2D eigenvalue weighted by Gasteiger charge is -2.47. The Morgan fingerprint density at radius 2 is 1.67 bits per heavy atom. The van der Waals surface area contributed by atoms with Crippen molar-refractivity contribution in [1.82, 2.24) is 25.4 Å². The Bertz CT molecular complexity index is 2770. The van der Waals surface area contributed by atoms with Crippen molar-refractivity contribution in [3.05, 3.63) is 125 Å². The summed E-state index contributed by atoms with van der Waals surface area (Å²) < 4.78 is 38.8. The van der Waals surface area contributed by atoms with Crippen LogP contribution in [0.5, 0.6) is 11.5 Å². The minimum absolute atomic E-state index is 0.0124. The molecule has 14 nitrogen and oxygen atoms in total. The predicted molar refractivity (Wildman–Crippen MR) is 267 cm³/mol. The zero-order chi connectivity index (χ0) is 49.8. The van der Waals surface area contributed by atoms with Crippen LogP contribution in [0.25, 0.3) is 10.9 Å². The number of sulfonamides is 1. The average Bonchev–Trinajstić information content (AvgIpc) is 3.63. The Morgan fingerprint density at radius 1 is 0.971 bits per heavy atom. The molecule has 1 saturated carbocycles. The van der Waals surface area contributed by atoms with Crippen LogP contribution in [0.4, 0.5) is 10.1 Å². The van der Waals surface area contributed by atoms with E-state index in [1.54, 1.807) is 61.2 Å². The Kier molecular flexibility index (Phi) is 15.9. The molecular formula is C52H63FN6O8S2. The van der Waals surface area contributed by atoms with Crippen molar-refractivity contribution in [2.75, 3.05) is 36.5 Å². The van der Waals surface area contributed by atoms with Crippen LogP contribution in [0, 0.1) is 24.6 Å². The number of rotatable bonds is 13. The van der Waals surface area contributed by atoms with Gasteiger partial charge in [0.2, 0.25) is 15.9 Å². The van der Waals surface area contributed by atoms with Crippen molar-refractivity contribution >= 4 is 56.1 Å². The number of aromatic nitrogens is 1. The monoisotopic (exact) mass is 982 g/mol. The number of piperidine rings is 1. The SMILES string of the molecule is CN(c1c2c(c(O)c3ncccc13)C(=O)N(Cc1ccc(F)cc1)C2)S(C)(=O)=O.Cc1c(O)cccc1C(=O)N[C@@H](CSc1ccccc1)[C@H](O)CN1C[C@H]2CCCC[C@H]2C[C@H]1C(=O)NC(C)(C)C. The molecule has 17 heteroatoms. The van der Waals surface area contributed by atoms with E-state index in [1.165, 1.54) is 43.1 Å². The van der Waals surface area contributed by atoms with Gasteiger partial charge in [0.15, 0.2) is 5.75 Å². The fourth-order valence-electron chi connectivity index (χ4n) is 9.66. The van der Waals surface area contributed by atoms with Gasteiger partial charge in [-0.2, -0.15) is 0 Å². The molecule has 2 aliphatic heterocycles. The van der Waals surface area contributed by atoms with Gasteiger partial charge in [0.05, 0.1) is 35.7 Å². The van der Waals surface area contributed by atoms with Crippen LogP contribution in [0.1, 0.15) is 90.3 Å². The van der Waals surface area contributed by atoms with Crippen molar-refractivity contribution < 1.29 is 42.5 Å². The summed E-state index contributed by atoms with van der Waals surface area (Å²) in [6, 6.07) is 23.0. The largest absolute Gasteiger partial charge is 0.508 e. The number of phenols is 2. The second-order valence-electron chi connectivity index (χ2n) is 19.4. The van der Waals surface area contributed by atoms with Crippen LogP contribution in [-0.2, 0) is 27.9 Å². The average molecular weight is 983 g/mol. The maximum atomic E-state index is 13.5. The van der Waals surface area contributed by atoms with E-state index in [-0.39, 0.29) is 64.9 Å². The number of nitrogens with zero attached hydrogens (tertiary/aromatic N) is 4. The Hall–Kier alpha value is -5.75. The van der Waals surface area contributed by atoms with Gasteiger partial charge in [0.1, 0.15) is 17.1 Å². The van der Waals surface area contributed by atoms with Crippen molar-refractivity contribution in [2.45, 2.75) is 102 Å². The molecule has 1 aliphatic carbocycles. The van der Waals surface area contributed by atoms with E-state index in [2.05, 4.69) is 20.5 Å². The van der Waals surface area contributed by atoms with Gasteiger partial charge in [-0.3, -0.25) is 28.6 Å². The molecule has 0 spiro atoms. The standard InChI is InChI=1S/C32H45N3O4S.C20H18FN3O4S/c1-21-25(15-10-16-28(21)36)30(38)33-26(20-40-24-13-6-5-7-14-24)29(37)19-35-18-23-12-9-8-11-22(23)17-27(35)31(39)34-32(2,3)4;1-23(29(2,27)28)18-14-4-3-9-22-17(14)19(25)16-15(18)11-24(20(16)26)10-12-5-7-13(21)8-6-12/h5-7,10,13-16,22-23,26-27,29,36-37H,8-9,11-12,17-20H2,1-4H3,(H,33,38)(H,34,39);3-9,25H,10-11H2,1-2H3/t22-,23+,26-,27-,29+;/m0./s1. The number of hydrogen-bond acceptors (Lipinski definition) is 11. The highest BCUT2D eigenvalue weighted by Gasteiger charge is 2.42. The number of amides is 3. The van der Waals surface area contributed by atoms with Gasteiger partial charge >= 0.3 is 0 Å². The van der Waals surface area contributed by atoms with Gasteiger partial charge < -0.3 is 30.9 Å². The number of thioether (sulfide) groups is 1. The van der Waals surface area contributed by atoms with Gasteiger partial charge in [-0.15, -0.1) is 11.8 Å². The number of carbonyl (C=O) groups excluding carboxylic acids is 3. The number of aromatic hydroxyl groups is 2. The Balaban J connectivity index is 0.000000214. The first kappa shape index (κ1) is 51.1. The normalized spacial score (nSPS) is 19.2. The van der Waals surface area contributed by atoms with Gasteiger partial charge in [0.25, 0.3) is 11.8 Å². The summed E-state index contributed by atoms with van der Waals surface area (Å²) >= 11 is 1.57. The number of β-amino-alcohol motifs (C(OH)–C–C–N with tert-alkyl or cyclic N) is 1. The smallest absolute Gasteiger partial charge is 0.258 e. The van der Waals surface area contributed by atoms with Crippen LogP contribution in [-0.4, -0.2) is 112 Å². The van der Waals surface area contributed by atoms with Gasteiger partial charge in [0, 0.05) is 77.7 Å². The number of aliphatic hydroxyl groups excluding tert-OH is 1. The van der Waals surface area contributed by atoms with Crippen LogP contribution < -0.4 is 14.9 Å². The van der Waals surface area contributed by atoms with Crippen LogP contribution >= 0.6 is 11.8 Å². The predicted octanol–water partition coefficient (Wildman–Crippen LogP) is 7.38. The maximum absolute atomic E-state index is 13.5. The fraction of sp³-hybridized carbons (Fsp3) is 0.423. The summed E-state index contributed by atoms with van der Waals surface area (Å²) in [4.78, 5) is 48.7. The molecule has 1 saturated heterocycles. The third kappa shape index (κ3) is 12.2. The molecule has 0 radical (unpaired) electrons. The highest BCUT2D eigenvalue weighted by atomic mass is 32.2.